The molecular formula is C22H22ClF3N4O2. The molecule has 0 atom stereocenters. The fourth-order valence-electron chi connectivity index (χ4n) is 4.28. The third-order valence-electron chi connectivity index (χ3n) is 6.06. The summed E-state index contributed by atoms with van der Waals surface area (Å²) in [6, 6.07) is 6.21. The summed E-state index contributed by atoms with van der Waals surface area (Å²) in [5, 5.41) is 2.79. The molecule has 170 valence electrons. The first-order valence-electron chi connectivity index (χ1n) is 10.3. The van der Waals surface area contributed by atoms with E-state index in [4.69, 9.17) is 11.6 Å². The van der Waals surface area contributed by atoms with E-state index >= 15 is 0 Å². The molecule has 10 heteroatoms. The second-order valence-electron chi connectivity index (χ2n) is 8.18. The Kier molecular flexibility index (Phi) is 6.03. The summed E-state index contributed by atoms with van der Waals surface area (Å²) in [5.41, 5.74) is 0.209. The number of nitrogens with one attached hydrogen (secondary N) is 1. The molecule has 1 fully saturated rings. The molecule has 3 aromatic rings. The topological polar surface area (TPSA) is 68.9 Å². The van der Waals surface area contributed by atoms with Crippen molar-refractivity contribution in [1.29, 1.82) is 0 Å². The third-order valence-corrected chi connectivity index (χ3v) is 6.39. The van der Waals surface area contributed by atoms with Crippen LogP contribution in [0.4, 0.5) is 13.2 Å². The maximum Gasteiger partial charge on any atom is 0.416 e. The number of rotatable bonds is 4. The zero-order chi connectivity index (χ0) is 23.0. The average Bonchev–Trinajstić information content (AvgIpc) is 2.99. The van der Waals surface area contributed by atoms with Crippen molar-refractivity contribution in [3.63, 3.8) is 0 Å². The SMILES string of the molecule is Cn1c(=O)n(CC2CCC(NC(=O)c3cc(C(F)(F)F)ccc3Cl)CC2)c2ncccc21. The Morgan fingerprint density at radius 3 is 2.62 bits per heavy atom. The van der Waals surface area contributed by atoms with Crippen LogP contribution in [-0.2, 0) is 19.8 Å². The third kappa shape index (κ3) is 4.39. The summed E-state index contributed by atoms with van der Waals surface area (Å²) in [6.07, 6.45) is -0.0103. The summed E-state index contributed by atoms with van der Waals surface area (Å²) in [6.45, 7) is 0.535. The van der Waals surface area contributed by atoms with E-state index in [0.29, 0.717) is 25.0 Å². The maximum atomic E-state index is 13.0. The van der Waals surface area contributed by atoms with E-state index < -0.39 is 17.6 Å². The second-order valence-corrected chi connectivity index (χ2v) is 8.59. The molecular weight excluding hydrogens is 445 g/mol. The minimum absolute atomic E-state index is 0.0213. The average molecular weight is 467 g/mol. The largest absolute Gasteiger partial charge is 0.416 e. The van der Waals surface area contributed by atoms with Gasteiger partial charge in [-0.2, -0.15) is 13.2 Å². The summed E-state index contributed by atoms with van der Waals surface area (Å²) in [7, 11) is 1.72. The molecule has 0 radical (unpaired) electrons. The zero-order valence-corrected chi connectivity index (χ0v) is 18.1. The molecule has 1 aromatic carbocycles. The number of carbonyl (C=O) groups excluding carboxylic acids is 1. The standard InChI is InChI=1S/C22H22ClF3N4O2/c1-29-18-3-2-10-27-19(18)30(21(29)32)12-13-4-7-15(8-5-13)28-20(31)16-11-14(22(24,25)26)6-9-17(16)23/h2-3,6,9-11,13,15H,4-5,7-8,12H2,1H3,(H,28,31). The number of amides is 1. The first-order valence-corrected chi connectivity index (χ1v) is 10.7. The van der Waals surface area contributed by atoms with Gasteiger partial charge in [0.2, 0.25) is 0 Å². The van der Waals surface area contributed by atoms with Crippen molar-refractivity contribution in [2.24, 2.45) is 13.0 Å². The van der Waals surface area contributed by atoms with Crippen molar-refractivity contribution in [3.8, 4) is 0 Å². The van der Waals surface area contributed by atoms with Gasteiger partial charge >= 0.3 is 11.9 Å². The smallest absolute Gasteiger partial charge is 0.349 e. The predicted molar refractivity (Wildman–Crippen MR) is 115 cm³/mol. The Bertz CT molecular complexity index is 1210. The molecule has 4 rings (SSSR count). The predicted octanol–water partition coefficient (Wildman–Crippen LogP) is 4.40. The number of hydrogen-bond donors (Lipinski definition) is 1. The molecule has 1 N–H and O–H groups in total. The second kappa shape index (κ2) is 8.61. The highest BCUT2D eigenvalue weighted by molar-refractivity contribution is 6.33. The number of benzene rings is 1. The fourth-order valence-corrected chi connectivity index (χ4v) is 4.49. The fraction of sp³-hybridized carbons (Fsp3) is 0.409. The van der Waals surface area contributed by atoms with Crippen LogP contribution in [0, 0.1) is 5.92 Å². The summed E-state index contributed by atoms with van der Waals surface area (Å²) < 4.78 is 42.2. The van der Waals surface area contributed by atoms with Gasteiger partial charge in [0.1, 0.15) is 0 Å². The van der Waals surface area contributed by atoms with E-state index in [9.17, 15) is 22.8 Å². The lowest BCUT2D eigenvalue weighted by Gasteiger charge is -2.29. The van der Waals surface area contributed by atoms with Gasteiger partial charge in [0.25, 0.3) is 5.91 Å². The number of alkyl halides is 3. The van der Waals surface area contributed by atoms with E-state index in [1.807, 2.05) is 6.07 Å². The molecule has 0 bridgehead atoms. The molecule has 2 aromatic heterocycles. The number of fused-ring (bicyclic) bond motifs is 1. The van der Waals surface area contributed by atoms with Crippen LogP contribution in [-0.4, -0.2) is 26.1 Å². The van der Waals surface area contributed by atoms with Crippen LogP contribution in [0.1, 0.15) is 41.6 Å². The highest BCUT2D eigenvalue weighted by atomic mass is 35.5. The molecule has 0 saturated heterocycles. The normalized spacial score (nSPS) is 19.3. The first kappa shape index (κ1) is 22.4. The van der Waals surface area contributed by atoms with Crippen LogP contribution in [0.2, 0.25) is 5.02 Å². The number of carbonyl (C=O) groups is 1. The summed E-state index contributed by atoms with van der Waals surface area (Å²) >= 11 is 5.97. The Morgan fingerprint density at radius 1 is 1.22 bits per heavy atom. The van der Waals surface area contributed by atoms with Crippen LogP contribution >= 0.6 is 11.6 Å². The minimum atomic E-state index is -4.55. The summed E-state index contributed by atoms with van der Waals surface area (Å²) in [4.78, 5) is 29.5. The lowest BCUT2D eigenvalue weighted by Crippen LogP contribution is -2.38. The van der Waals surface area contributed by atoms with Crippen LogP contribution in [0.25, 0.3) is 11.2 Å². The molecule has 1 aliphatic rings. The van der Waals surface area contributed by atoms with Gasteiger partial charge in [0.05, 0.1) is 21.7 Å². The van der Waals surface area contributed by atoms with Gasteiger partial charge in [-0.1, -0.05) is 11.6 Å². The first-order chi connectivity index (χ1) is 15.1. The lowest BCUT2D eigenvalue weighted by molar-refractivity contribution is -0.137. The van der Waals surface area contributed by atoms with Gasteiger partial charge in [-0.05, 0) is 61.9 Å². The van der Waals surface area contributed by atoms with Gasteiger partial charge in [0.15, 0.2) is 5.65 Å². The Labute approximate surface area is 187 Å². The number of hydrogen-bond acceptors (Lipinski definition) is 3. The molecule has 0 unspecified atom stereocenters. The van der Waals surface area contributed by atoms with Gasteiger partial charge in [-0.25, -0.2) is 9.78 Å². The van der Waals surface area contributed by atoms with Crippen molar-refractivity contribution in [2.45, 2.75) is 44.4 Å². The van der Waals surface area contributed by atoms with Gasteiger partial charge in [0, 0.05) is 25.8 Å². The summed E-state index contributed by atoms with van der Waals surface area (Å²) in [5.74, 6) is -0.371. The highest BCUT2D eigenvalue weighted by Crippen LogP contribution is 2.32. The van der Waals surface area contributed by atoms with Crippen LogP contribution in [0.3, 0.4) is 0 Å². The van der Waals surface area contributed by atoms with Crippen molar-refractivity contribution in [2.75, 3.05) is 0 Å². The Hall–Kier alpha value is -2.81. The van der Waals surface area contributed by atoms with Gasteiger partial charge in [-0.3, -0.25) is 13.9 Å². The van der Waals surface area contributed by atoms with Crippen molar-refractivity contribution in [3.05, 3.63) is 63.2 Å². The molecule has 0 aliphatic heterocycles. The number of halogens is 4. The minimum Gasteiger partial charge on any atom is -0.349 e. The quantitative estimate of drug-likeness (QED) is 0.619. The molecule has 1 aliphatic carbocycles. The molecule has 6 nitrogen and oxygen atoms in total. The Morgan fingerprint density at radius 2 is 1.94 bits per heavy atom. The van der Waals surface area contributed by atoms with Crippen molar-refractivity contribution in [1.82, 2.24) is 19.4 Å². The molecule has 32 heavy (non-hydrogen) atoms. The van der Waals surface area contributed by atoms with Crippen LogP contribution in [0.5, 0.6) is 0 Å². The maximum absolute atomic E-state index is 13.0. The molecule has 1 amide bonds. The number of imidazole rings is 1. The van der Waals surface area contributed by atoms with E-state index in [1.165, 1.54) is 0 Å². The molecule has 1 saturated carbocycles. The number of nitrogens with zero attached hydrogens (tertiary/aromatic N) is 3. The molecule has 2 heterocycles. The van der Waals surface area contributed by atoms with Crippen molar-refractivity contribution < 1.29 is 18.0 Å². The molecule has 0 spiro atoms. The van der Waals surface area contributed by atoms with Gasteiger partial charge < -0.3 is 5.32 Å². The van der Waals surface area contributed by atoms with Crippen LogP contribution in [0.15, 0.2) is 41.3 Å². The Balaban J connectivity index is 1.40. The van der Waals surface area contributed by atoms with Gasteiger partial charge in [-0.15, -0.1) is 0 Å². The highest BCUT2D eigenvalue weighted by Gasteiger charge is 2.32. The van der Waals surface area contributed by atoms with E-state index in [2.05, 4.69) is 10.3 Å². The van der Waals surface area contributed by atoms with E-state index in [0.717, 1.165) is 36.6 Å². The van der Waals surface area contributed by atoms with E-state index in [-0.39, 0.29) is 28.2 Å². The lowest BCUT2D eigenvalue weighted by atomic mass is 9.86. The van der Waals surface area contributed by atoms with E-state index in [1.54, 1.807) is 28.4 Å². The monoisotopic (exact) mass is 466 g/mol. The number of aryl methyl sites for hydroxylation is 1. The zero-order valence-electron chi connectivity index (χ0n) is 17.3. The number of pyridine rings is 1. The number of aromatic nitrogens is 3. The van der Waals surface area contributed by atoms with Crippen LogP contribution < -0.4 is 11.0 Å². The van der Waals surface area contributed by atoms with Crippen molar-refractivity contribution >= 4 is 28.7 Å².